The molecule has 0 aliphatic heterocycles. The Labute approximate surface area is 121 Å². The van der Waals surface area contributed by atoms with Gasteiger partial charge in [0, 0.05) is 11.6 Å². The second-order valence-electron chi connectivity index (χ2n) is 3.99. The predicted octanol–water partition coefficient (Wildman–Crippen LogP) is 3.47. The largest absolute Gasteiger partial charge is 0.497 e. The summed E-state index contributed by atoms with van der Waals surface area (Å²) in [7, 11) is 1.54. The van der Waals surface area contributed by atoms with Crippen molar-refractivity contribution in [1.82, 2.24) is 0 Å². The average molecular weight is 287 g/mol. The lowest BCUT2D eigenvalue weighted by Gasteiger charge is -2.09. The van der Waals surface area contributed by atoms with E-state index in [1.807, 2.05) is 6.07 Å². The number of methoxy groups -OCH3 is 1. The SMILES string of the molecule is COc1ccc(Cl)c(NC(=O)c2ccc(C#N)cc2)c1. The standard InChI is InChI=1S/C15H11ClN2O2/c1-20-12-6-7-13(16)14(8-12)18-15(19)11-4-2-10(9-17)3-5-11/h2-8H,1H3,(H,18,19). The summed E-state index contributed by atoms with van der Waals surface area (Å²) in [5, 5.41) is 11.8. The third kappa shape index (κ3) is 3.08. The first-order valence-corrected chi connectivity index (χ1v) is 6.17. The van der Waals surface area contributed by atoms with Gasteiger partial charge in [0.1, 0.15) is 5.75 Å². The summed E-state index contributed by atoms with van der Waals surface area (Å²) in [4.78, 5) is 12.1. The van der Waals surface area contributed by atoms with Crippen molar-refractivity contribution in [2.75, 3.05) is 12.4 Å². The number of carbonyl (C=O) groups excluding carboxylic acids is 1. The first kappa shape index (κ1) is 13.9. The van der Waals surface area contributed by atoms with Crippen molar-refractivity contribution in [3.8, 4) is 11.8 Å². The first-order chi connectivity index (χ1) is 9.63. The molecule has 0 spiro atoms. The molecular weight excluding hydrogens is 276 g/mol. The predicted molar refractivity (Wildman–Crippen MR) is 77.1 cm³/mol. The van der Waals surface area contributed by atoms with E-state index in [1.165, 1.54) is 7.11 Å². The number of halogens is 1. The van der Waals surface area contributed by atoms with Crippen LogP contribution in [0.2, 0.25) is 5.02 Å². The normalized spacial score (nSPS) is 9.65. The molecule has 0 bridgehead atoms. The van der Waals surface area contributed by atoms with Crippen LogP contribution in [0.3, 0.4) is 0 Å². The van der Waals surface area contributed by atoms with Crippen LogP contribution in [-0.4, -0.2) is 13.0 Å². The lowest BCUT2D eigenvalue weighted by molar-refractivity contribution is 0.102. The molecule has 0 saturated carbocycles. The smallest absolute Gasteiger partial charge is 0.255 e. The topological polar surface area (TPSA) is 62.1 Å². The molecule has 2 rings (SSSR count). The van der Waals surface area contributed by atoms with Crippen molar-refractivity contribution in [3.63, 3.8) is 0 Å². The molecule has 5 heteroatoms. The van der Waals surface area contributed by atoms with Crippen LogP contribution in [0.15, 0.2) is 42.5 Å². The van der Waals surface area contributed by atoms with E-state index in [4.69, 9.17) is 21.6 Å². The molecule has 1 amide bonds. The Bertz CT molecular complexity index is 675. The highest BCUT2D eigenvalue weighted by Gasteiger charge is 2.09. The summed E-state index contributed by atoms with van der Waals surface area (Å²) >= 11 is 6.02. The fraction of sp³-hybridized carbons (Fsp3) is 0.0667. The maximum absolute atomic E-state index is 12.1. The minimum Gasteiger partial charge on any atom is -0.497 e. The van der Waals surface area contributed by atoms with Crippen molar-refractivity contribution in [3.05, 3.63) is 58.6 Å². The molecule has 2 aromatic carbocycles. The van der Waals surface area contributed by atoms with Crippen LogP contribution < -0.4 is 10.1 Å². The average Bonchev–Trinajstić information content (AvgIpc) is 2.49. The zero-order valence-electron chi connectivity index (χ0n) is 10.7. The molecule has 100 valence electrons. The van der Waals surface area contributed by atoms with Gasteiger partial charge in [0.05, 0.1) is 29.5 Å². The molecule has 0 aromatic heterocycles. The maximum Gasteiger partial charge on any atom is 0.255 e. The van der Waals surface area contributed by atoms with Gasteiger partial charge < -0.3 is 10.1 Å². The molecule has 0 fully saturated rings. The number of benzene rings is 2. The van der Waals surface area contributed by atoms with Gasteiger partial charge in [-0.05, 0) is 36.4 Å². The summed E-state index contributed by atoms with van der Waals surface area (Å²) in [5.41, 5.74) is 1.42. The zero-order valence-corrected chi connectivity index (χ0v) is 11.4. The summed E-state index contributed by atoms with van der Waals surface area (Å²) in [6.07, 6.45) is 0. The van der Waals surface area contributed by atoms with E-state index in [2.05, 4.69) is 5.32 Å². The second-order valence-corrected chi connectivity index (χ2v) is 4.40. The van der Waals surface area contributed by atoms with Gasteiger partial charge in [0.25, 0.3) is 5.91 Å². The molecule has 0 atom stereocenters. The number of nitriles is 1. The van der Waals surface area contributed by atoms with E-state index >= 15 is 0 Å². The van der Waals surface area contributed by atoms with E-state index in [0.29, 0.717) is 27.6 Å². The molecule has 0 saturated heterocycles. The van der Waals surface area contributed by atoms with E-state index in [1.54, 1.807) is 42.5 Å². The third-order valence-corrected chi connectivity index (χ3v) is 3.03. The zero-order chi connectivity index (χ0) is 14.5. The molecule has 0 unspecified atom stereocenters. The Morgan fingerprint density at radius 3 is 2.55 bits per heavy atom. The number of nitrogens with zero attached hydrogens (tertiary/aromatic N) is 1. The van der Waals surface area contributed by atoms with Crippen molar-refractivity contribution in [2.45, 2.75) is 0 Å². The number of ether oxygens (including phenoxy) is 1. The molecular formula is C15H11ClN2O2. The summed E-state index contributed by atoms with van der Waals surface area (Å²) < 4.78 is 5.08. The lowest BCUT2D eigenvalue weighted by atomic mass is 10.1. The lowest BCUT2D eigenvalue weighted by Crippen LogP contribution is -2.12. The third-order valence-electron chi connectivity index (χ3n) is 2.70. The van der Waals surface area contributed by atoms with Crippen molar-refractivity contribution >= 4 is 23.2 Å². The highest BCUT2D eigenvalue weighted by molar-refractivity contribution is 6.34. The molecule has 0 aliphatic rings. The summed E-state index contributed by atoms with van der Waals surface area (Å²) in [6, 6.07) is 13.3. The van der Waals surface area contributed by atoms with E-state index in [9.17, 15) is 4.79 Å². The van der Waals surface area contributed by atoms with E-state index in [-0.39, 0.29) is 5.91 Å². The fourth-order valence-electron chi connectivity index (χ4n) is 1.62. The fourth-order valence-corrected chi connectivity index (χ4v) is 1.78. The highest BCUT2D eigenvalue weighted by Crippen LogP contribution is 2.27. The van der Waals surface area contributed by atoms with E-state index < -0.39 is 0 Å². The van der Waals surface area contributed by atoms with Crippen LogP contribution >= 0.6 is 11.6 Å². The number of amides is 1. The van der Waals surface area contributed by atoms with Gasteiger partial charge in [0.15, 0.2) is 0 Å². The Hall–Kier alpha value is -2.51. The number of nitrogens with one attached hydrogen (secondary N) is 1. The number of rotatable bonds is 3. The van der Waals surface area contributed by atoms with Crippen LogP contribution in [0.1, 0.15) is 15.9 Å². The van der Waals surface area contributed by atoms with Crippen molar-refractivity contribution in [1.29, 1.82) is 5.26 Å². The molecule has 0 aliphatic carbocycles. The molecule has 0 radical (unpaired) electrons. The van der Waals surface area contributed by atoms with Crippen LogP contribution in [0.25, 0.3) is 0 Å². The van der Waals surface area contributed by atoms with Gasteiger partial charge in [-0.15, -0.1) is 0 Å². The summed E-state index contributed by atoms with van der Waals surface area (Å²) in [5.74, 6) is 0.300. The van der Waals surface area contributed by atoms with Gasteiger partial charge in [-0.2, -0.15) is 5.26 Å². The number of hydrogen-bond acceptors (Lipinski definition) is 3. The van der Waals surface area contributed by atoms with Crippen molar-refractivity contribution in [2.24, 2.45) is 0 Å². The van der Waals surface area contributed by atoms with Gasteiger partial charge in [0.2, 0.25) is 0 Å². The van der Waals surface area contributed by atoms with Crippen molar-refractivity contribution < 1.29 is 9.53 Å². The minimum absolute atomic E-state index is 0.301. The van der Waals surface area contributed by atoms with Crippen LogP contribution in [0.5, 0.6) is 5.75 Å². The minimum atomic E-state index is -0.301. The van der Waals surface area contributed by atoms with Crippen LogP contribution in [-0.2, 0) is 0 Å². The monoisotopic (exact) mass is 286 g/mol. The quantitative estimate of drug-likeness (QED) is 0.939. The second kappa shape index (κ2) is 6.09. The number of carbonyl (C=O) groups is 1. The first-order valence-electron chi connectivity index (χ1n) is 5.79. The summed E-state index contributed by atoms with van der Waals surface area (Å²) in [6.45, 7) is 0. The van der Waals surface area contributed by atoms with E-state index in [0.717, 1.165) is 0 Å². The Kier molecular flexibility index (Phi) is 4.24. The van der Waals surface area contributed by atoms with Crippen LogP contribution in [0, 0.1) is 11.3 Å². The molecule has 2 aromatic rings. The number of anilines is 1. The molecule has 20 heavy (non-hydrogen) atoms. The van der Waals surface area contributed by atoms with Gasteiger partial charge >= 0.3 is 0 Å². The Morgan fingerprint density at radius 1 is 1.25 bits per heavy atom. The van der Waals surface area contributed by atoms with Gasteiger partial charge in [-0.1, -0.05) is 11.6 Å². The maximum atomic E-state index is 12.1. The van der Waals surface area contributed by atoms with Gasteiger partial charge in [-0.25, -0.2) is 0 Å². The van der Waals surface area contributed by atoms with Crippen LogP contribution in [0.4, 0.5) is 5.69 Å². The van der Waals surface area contributed by atoms with Gasteiger partial charge in [-0.3, -0.25) is 4.79 Å². The molecule has 1 N–H and O–H groups in total. The highest BCUT2D eigenvalue weighted by atomic mass is 35.5. The Morgan fingerprint density at radius 2 is 1.95 bits per heavy atom. The molecule has 4 nitrogen and oxygen atoms in total. The number of hydrogen-bond donors (Lipinski definition) is 1. The Balaban J connectivity index is 2.20. The molecule has 0 heterocycles.